The fraction of sp³-hybridized carbons (Fsp3) is 0.583. The molecule has 0 fully saturated rings. The molecule has 0 bridgehead atoms. The average molecular weight is 335 g/mol. The highest BCUT2D eigenvalue weighted by molar-refractivity contribution is 9.11. The molecule has 1 rings (SSSR count). The first-order valence-electron chi connectivity index (χ1n) is 5.97. The van der Waals surface area contributed by atoms with E-state index in [-0.39, 0.29) is 18.5 Å². The molecule has 0 spiro atoms. The van der Waals surface area contributed by atoms with Gasteiger partial charge in [0.25, 0.3) is 0 Å². The van der Waals surface area contributed by atoms with Crippen LogP contribution in [-0.2, 0) is 6.54 Å². The number of nitrogens with one attached hydrogen (secondary N) is 2. The maximum absolute atomic E-state index is 11.5. The van der Waals surface area contributed by atoms with E-state index >= 15 is 0 Å². The molecule has 18 heavy (non-hydrogen) atoms. The second-order valence-corrected chi connectivity index (χ2v) is 6.77. The zero-order valence-electron chi connectivity index (χ0n) is 10.6. The Kier molecular flexibility index (Phi) is 6.67. The summed E-state index contributed by atoms with van der Waals surface area (Å²) >= 11 is 4.96. The number of hydrogen-bond acceptors (Lipinski definition) is 3. The van der Waals surface area contributed by atoms with Gasteiger partial charge in [-0.25, -0.2) is 4.79 Å². The summed E-state index contributed by atoms with van der Waals surface area (Å²) < 4.78 is 1.05. The van der Waals surface area contributed by atoms with Gasteiger partial charge in [-0.2, -0.15) is 0 Å². The van der Waals surface area contributed by atoms with E-state index < -0.39 is 6.10 Å². The van der Waals surface area contributed by atoms with Crippen molar-refractivity contribution < 1.29 is 9.90 Å². The van der Waals surface area contributed by atoms with Crippen LogP contribution in [0.3, 0.4) is 0 Å². The molecule has 102 valence electrons. The summed E-state index contributed by atoms with van der Waals surface area (Å²) in [5, 5.41) is 15.1. The number of aliphatic hydroxyl groups excluding tert-OH is 1. The molecule has 0 aliphatic heterocycles. The van der Waals surface area contributed by atoms with Crippen molar-refractivity contribution in [1.82, 2.24) is 10.6 Å². The lowest BCUT2D eigenvalue weighted by Crippen LogP contribution is -2.41. The number of amides is 2. The summed E-state index contributed by atoms with van der Waals surface area (Å²) in [6, 6.07) is 3.66. The summed E-state index contributed by atoms with van der Waals surface area (Å²) in [7, 11) is 0. The minimum absolute atomic E-state index is 0.193. The molecule has 4 nitrogen and oxygen atoms in total. The molecule has 2 amide bonds. The maximum atomic E-state index is 11.5. The van der Waals surface area contributed by atoms with Gasteiger partial charge in [0.2, 0.25) is 0 Å². The van der Waals surface area contributed by atoms with Crippen molar-refractivity contribution in [2.75, 3.05) is 6.54 Å². The predicted molar refractivity (Wildman–Crippen MR) is 77.7 cm³/mol. The Bertz CT molecular complexity index is 384. The van der Waals surface area contributed by atoms with Crippen LogP contribution in [0.2, 0.25) is 0 Å². The Balaban J connectivity index is 2.22. The van der Waals surface area contributed by atoms with E-state index in [1.54, 1.807) is 11.3 Å². The molecule has 1 aromatic rings. The lowest BCUT2D eigenvalue weighted by Gasteiger charge is -2.17. The number of carbonyl (C=O) groups excluding carboxylic acids is 1. The SMILES string of the molecule is CCC(C)C(O)CNC(=O)NCc1ccc(Br)s1. The first kappa shape index (κ1) is 15.5. The van der Waals surface area contributed by atoms with Crippen molar-refractivity contribution in [3.63, 3.8) is 0 Å². The number of carbonyl (C=O) groups is 1. The summed E-state index contributed by atoms with van der Waals surface area (Å²) in [5.74, 6) is 0.193. The predicted octanol–water partition coefficient (Wildman–Crippen LogP) is 2.72. The summed E-state index contributed by atoms with van der Waals surface area (Å²) in [5.41, 5.74) is 0. The van der Waals surface area contributed by atoms with Crippen LogP contribution in [0.5, 0.6) is 0 Å². The molecular formula is C12H19BrN2O2S. The Hall–Kier alpha value is -0.590. The zero-order valence-corrected chi connectivity index (χ0v) is 13.0. The van der Waals surface area contributed by atoms with Crippen molar-refractivity contribution >= 4 is 33.3 Å². The number of aliphatic hydroxyl groups is 1. The molecule has 1 heterocycles. The summed E-state index contributed by atoms with van der Waals surface area (Å²) in [6.07, 6.45) is 0.407. The third-order valence-corrected chi connectivity index (χ3v) is 4.45. The monoisotopic (exact) mass is 334 g/mol. The van der Waals surface area contributed by atoms with Crippen molar-refractivity contribution in [2.45, 2.75) is 32.9 Å². The molecule has 0 saturated heterocycles. The van der Waals surface area contributed by atoms with E-state index in [4.69, 9.17) is 0 Å². The topological polar surface area (TPSA) is 61.4 Å². The molecule has 1 aromatic heterocycles. The van der Waals surface area contributed by atoms with Crippen LogP contribution in [0, 0.1) is 5.92 Å². The highest BCUT2D eigenvalue weighted by atomic mass is 79.9. The van der Waals surface area contributed by atoms with Gasteiger partial charge in [0.1, 0.15) is 0 Å². The van der Waals surface area contributed by atoms with Gasteiger partial charge in [0, 0.05) is 11.4 Å². The standard InChI is InChI=1S/C12H19BrN2O2S/c1-3-8(2)10(16)7-15-12(17)14-6-9-4-5-11(13)18-9/h4-5,8,10,16H,3,6-7H2,1-2H3,(H2,14,15,17). The minimum atomic E-state index is -0.489. The van der Waals surface area contributed by atoms with Gasteiger partial charge in [-0.05, 0) is 34.0 Å². The van der Waals surface area contributed by atoms with E-state index in [0.29, 0.717) is 6.54 Å². The summed E-state index contributed by atoms with van der Waals surface area (Å²) in [6.45, 7) is 4.77. The maximum Gasteiger partial charge on any atom is 0.315 e. The minimum Gasteiger partial charge on any atom is -0.391 e. The lowest BCUT2D eigenvalue weighted by atomic mass is 10.0. The molecule has 3 N–H and O–H groups in total. The zero-order chi connectivity index (χ0) is 13.5. The fourth-order valence-corrected chi connectivity index (χ4v) is 2.77. The number of thiophene rings is 1. The smallest absolute Gasteiger partial charge is 0.315 e. The molecule has 0 radical (unpaired) electrons. The van der Waals surface area contributed by atoms with Crippen LogP contribution < -0.4 is 10.6 Å². The van der Waals surface area contributed by atoms with E-state index in [0.717, 1.165) is 15.1 Å². The van der Waals surface area contributed by atoms with E-state index in [9.17, 15) is 9.90 Å². The fourth-order valence-electron chi connectivity index (χ4n) is 1.35. The molecule has 0 aliphatic rings. The van der Waals surface area contributed by atoms with Crippen LogP contribution in [0.25, 0.3) is 0 Å². The second kappa shape index (κ2) is 7.76. The quantitative estimate of drug-likeness (QED) is 0.749. The van der Waals surface area contributed by atoms with E-state index in [2.05, 4.69) is 26.6 Å². The van der Waals surface area contributed by atoms with Gasteiger partial charge >= 0.3 is 6.03 Å². The van der Waals surface area contributed by atoms with Gasteiger partial charge in [0.15, 0.2) is 0 Å². The van der Waals surface area contributed by atoms with Crippen LogP contribution in [-0.4, -0.2) is 23.8 Å². The molecule has 2 atom stereocenters. The Morgan fingerprint density at radius 1 is 1.50 bits per heavy atom. The van der Waals surface area contributed by atoms with Crippen LogP contribution in [0.4, 0.5) is 4.79 Å². The summed E-state index contributed by atoms with van der Waals surface area (Å²) in [4.78, 5) is 12.6. The molecule has 0 aromatic carbocycles. The van der Waals surface area contributed by atoms with Crippen LogP contribution in [0.15, 0.2) is 15.9 Å². The van der Waals surface area contributed by atoms with Gasteiger partial charge in [-0.3, -0.25) is 0 Å². The lowest BCUT2D eigenvalue weighted by molar-refractivity contribution is 0.114. The number of hydrogen-bond donors (Lipinski definition) is 3. The van der Waals surface area contributed by atoms with Crippen molar-refractivity contribution in [3.8, 4) is 0 Å². The van der Waals surface area contributed by atoms with Crippen LogP contribution in [0.1, 0.15) is 25.1 Å². The van der Waals surface area contributed by atoms with Gasteiger partial charge in [-0.15, -0.1) is 11.3 Å². The van der Waals surface area contributed by atoms with Crippen molar-refractivity contribution in [3.05, 3.63) is 20.8 Å². The highest BCUT2D eigenvalue weighted by Crippen LogP contribution is 2.21. The molecule has 2 unspecified atom stereocenters. The van der Waals surface area contributed by atoms with Gasteiger partial charge in [-0.1, -0.05) is 20.3 Å². The molecule has 6 heteroatoms. The Morgan fingerprint density at radius 3 is 2.78 bits per heavy atom. The van der Waals surface area contributed by atoms with Crippen LogP contribution >= 0.6 is 27.3 Å². The Morgan fingerprint density at radius 2 is 2.22 bits per heavy atom. The highest BCUT2D eigenvalue weighted by Gasteiger charge is 2.13. The molecule has 0 aliphatic carbocycles. The number of rotatable bonds is 6. The second-order valence-electron chi connectivity index (χ2n) is 4.22. The average Bonchev–Trinajstić information content (AvgIpc) is 2.78. The largest absolute Gasteiger partial charge is 0.391 e. The third kappa shape index (κ3) is 5.37. The Labute approximate surface area is 120 Å². The van der Waals surface area contributed by atoms with Gasteiger partial charge < -0.3 is 15.7 Å². The number of urea groups is 1. The van der Waals surface area contributed by atoms with Crippen molar-refractivity contribution in [2.24, 2.45) is 5.92 Å². The van der Waals surface area contributed by atoms with Crippen molar-refractivity contribution in [1.29, 1.82) is 0 Å². The van der Waals surface area contributed by atoms with E-state index in [1.165, 1.54) is 0 Å². The first-order valence-corrected chi connectivity index (χ1v) is 7.57. The molecular weight excluding hydrogens is 316 g/mol. The first-order chi connectivity index (χ1) is 8.52. The normalized spacial score (nSPS) is 14.0. The molecule has 0 saturated carbocycles. The number of halogens is 1. The van der Waals surface area contributed by atoms with Gasteiger partial charge in [0.05, 0.1) is 16.4 Å². The third-order valence-electron chi connectivity index (χ3n) is 2.82. The van der Waals surface area contributed by atoms with E-state index in [1.807, 2.05) is 26.0 Å².